The maximum atomic E-state index is 12.7. The van der Waals surface area contributed by atoms with Gasteiger partial charge in [-0.05, 0) is 50.9 Å². The van der Waals surface area contributed by atoms with Crippen molar-refractivity contribution in [1.82, 2.24) is 20.1 Å². The zero-order valence-electron chi connectivity index (χ0n) is 15.6. The Bertz CT molecular complexity index is 637. The van der Waals surface area contributed by atoms with Gasteiger partial charge in [0.2, 0.25) is 5.91 Å². The molecule has 3 fully saturated rings. The highest BCUT2D eigenvalue weighted by Gasteiger charge is 2.37. The quantitative estimate of drug-likeness (QED) is 0.780. The van der Waals surface area contributed by atoms with E-state index in [0.717, 1.165) is 17.4 Å². The maximum absolute atomic E-state index is 12.7. The van der Waals surface area contributed by atoms with Gasteiger partial charge in [-0.15, -0.1) is 10.2 Å². The number of amides is 1. The summed E-state index contributed by atoms with van der Waals surface area (Å²) in [6.07, 6.45) is 8.54. The molecule has 1 N–H and O–H groups in total. The third kappa shape index (κ3) is 3.74. The molecule has 1 heterocycles. The summed E-state index contributed by atoms with van der Waals surface area (Å²) in [5.41, 5.74) is 0. The lowest BCUT2D eigenvalue weighted by atomic mass is 9.78. The maximum Gasteiger partial charge on any atom is 0.233 e. The smallest absolute Gasteiger partial charge is 0.233 e. The summed E-state index contributed by atoms with van der Waals surface area (Å²) >= 11 is 1.58. The second-order valence-electron chi connectivity index (χ2n) is 8.36. The third-order valence-electron chi connectivity index (χ3n) is 6.23. The molecule has 1 aromatic rings. The monoisotopic (exact) mass is 362 g/mol. The van der Waals surface area contributed by atoms with Crippen LogP contribution < -0.4 is 5.32 Å². The van der Waals surface area contributed by atoms with Gasteiger partial charge in [-0.25, -0.2) is 0 Å². The fraction of sp³-hybridized carbons (Fsp3) is 0.842. The first-order valence-corrected chi connectivity index (χ1v) is 10.8. The first-order chi connectivity index (χ1) is 12.0. The van der Waals surface area contributed by atoms with Crippen LogP contribution in [0.1, 0.15) is 83.5 Å². The third-order valence-corrected chi connectivity index (χ3v) is 7.29. The molecule has 1 amide bonds. The van der Waals surface area contributed by atoms with Crippen LogP contribution in [0.2, 0.25) is 0 Å². The molecule has 0 spiro atoms. The van der Waals surface area contributed by atoms with Gasteiger partial charge in [-0.3, -0.25) is 4.79 Å². The molecule has 0 radical (unpaired) electrons. The lowest BCUT2D eigenvalue weighted by Crippen LogP contribution is -2.46. The van der Waals surface area contributed by atoms with Crippen molar-refractivity contribution in [3.05, 3.63) is 5.82 Å². The summed E-state index contributed by atoms with van der Waals surface area (Å²) in [6.45, 7) is 6.58. The largest absolute Gasteiger partial charge is 0.352 e. The number of hydrogen-bond donors (Lipinski definition) is 1. The van der Waals surface area contributed by atoms with E-state index >= 15 is 0 Å². The van der Waals surface area contributed by atoms with Gasteiger partial charge in [-0.1, -0.05) is 38.5 Å². The summed E-state index contributed by atoms with van der Waals surface area (Å²) < 4.78 is 2.33. The molecule has 0 bridgehead atoms. The summed E-state index contributed by atoms with van der Waals surface area (Å²) in [4.78, 5) is 12.7. The summed E-state index contributed by atoms with van der Waals surface area (Å²) in [5.74, 6) is 3.17. The average molecular weight is 363 g/mol. The van der Waals surface area contributed by atoms with E-state index in [1.165, 1.54) is 38.5 Å². The van der Waals surface area contributed by atoms with E-state index in [4.69, 9.17) is 0 Å². The fourth-order valence-electron chi connectivity index (χ4n) is 3.96. The van der Waals surface area contributed by atoms with E-state index in [-0.39, 0.29) is 11.2 Å². The molecule has 3 aliphatic rings. The molecule has 0 aliphatic heterocycles. The minimum absolute atomic E-state index is 0.127. The number of nitrogens with zero attached hydrogens (tertiary/aromatic N) is 3. The predicted molar refractivity (Wildman–Crippen MR) is 99.7 cm³/mol. The van der Waals surface area contributed by atoms with Gasteiger partial charge in [0, 0.05) is 18.0 Å². The molecular formula is C19H30N4OS. The van der Waals surface area contributed by atoms with E-state index in [1.54, 1.807) is 11.8 Å². The van der Waals surface area contributed by atoms with Crippen LogP contribution in [0.5, 0.6) is 0 Å². The molecule has 0 aromatic carbocycles. The molecule has 4 atom stereocenters. The molecule has 25 heavy (non-hydrogen) atoms. The van der Waals surface area contributed by atoms with Crippen LogP contribution in [0, 0.1) is 11.8 Å². The van der Waals surface area contributed by atoms with Crippen LogP contribution in [0.4, 0.5) is 0 Å². The van der Waals surface area contributed by atoms with Gasteiger partial charge >= 0.3 is 0 Å². The number of nitrogens with one attached hydrogen (secondary N) is 1. The molecule has 3 saturated carbocycles. The Balaban J connectivity index is 1.40. The molecule has 138 valence electrons. The summed E-state index contributed by atoms with van der Waals surface area (Å²) in [5, 5.41) is 13.0. The van der Waals surface area contributed by atoms with E-state index in [9.17, 15) is 4.79 Å². The highest BCUT2D eigenvalue weighted by atomic mass is 32.2. The van der Waals surface area contributed by atoms with Crippen LogP contribution in [0.3, 0.4) is 0 Å². The first-order valence-electron chi connectivity index (χ1n) is 9.96. The highest BCUT2D eigenvalue weighted by Crippen LogP contribution is 2.46. The average Bonchev–Trinajstić information content (AvgIpc) is 3.50. The Morgan fingerprint density at radius 2 is 1.92 bits per heavy atom. The molecule has 4 unspecified atom stereocenters. The van der Waals surface area contributed by atoms with E-state index in [2.05, 4.69) is 33.9 Å². The van der Waals surface area contributed by atoms with E-state index in [1.807, 2.05) is 6.92 Å². The van der Waals surface area contributed by atoms with Gasteiger partial charge in [-0.2, -0.15) is 0 Å². The lowest BCUT2D eigenvalue weighted by molar-refractivity contribution is -0.121. The Labute approximate surface area is 154 Å². The predicted octanol–water partition coefficient (Wildman–Crippen LogP) is 3.91. The van der Waals surface area contributed by atoms with Gasteiger partial charge < -0.3 is 9.88 Å². The number of rotatable bonds is 6. The number of thioether (sulfide) groups is 1. The molecule has 0 saturated heterocycles. The van der Waals surface area contributed by atoms with Crippen LogP contribution in [-0.4, -0.2) is 32.0 Å². The zero-order chi connectivity index (χ0) is 17.6. The van der Waals surface area contributed by atoms with Gasteiger partial charge in [0.05, 0.1) is 5.25 Å². The molecule has 4 rings (SSSR count). The summed E-state index contributed by atoms with van der Waals surface area (Å²) in [6, 6.07) is 0.894. The van der Waals surface area contributed by atoms with Crippen molar-refractivity contribution in [3.63, 3.8) is 0 Å². The van der Waals surface area contributed by atoms with Crippen molar-refractivity contribution in [1.29, 1.82) is 0 Å². The zero-order valence-corrected chi connectivity index (χ0v) is 16.4. The van der Waals surface area contributed by atoms with Gasteiger partial charge in [0.1, 0.15) is 5.82 Å². The van der Waals surface area contributed by atoms with Crippen molar-refractivity contribution in [2.75, 3.05) is 0 Å². The highest BCUT2D eigenvalue weighted by molar-refractivity contribution is 8.00. The van der Waals surface area contributed by atoms with Gasteiger partial charge in [0.15, 0.2) is 5.16 Å². The number of aromatic nitrogens is 3. The number of carbonyl (C=O) groups is 1. The summed E-state index contributed by atoms with van der Waals surface area (Å²) in [7, 11) is 0. The minimum atomic E-state index is -0.127. The van der Waals surface area contributed by atoms with Gasteiger partial charge in [0.25, 0.3) is 0 Å². The Morgan fingerprint density at radius 3 is 2.60 bits per heavy atom. The van der Waals surface area contributed by atoms with Crippen molar-refractivity contribution < 1.29 is 4.79 Å². The number of hydrogen-bond acceptors (Lipinski definition) is 4. The Kier molecular flexibility index (Phi) is 4.82. The Morgan fingerprint density at radius 1 is 1.16 bits per heavy atom. The fourth-order valence-corrected chi connectivity index (χ4v) is 4.90. The molecule has 6 heteroatoms. The lowest BCUT2D eigenvalue weighted by Gasteiger charge is -2.35. The van der Waals surface area contributed by atoms with Crippen molar-refractivity contribution in [2.24, 2.45) is 11.8 Å². The topological polar surface area (TPSA) is 59.8 Å². The van der Waals surface area contributed by atoms with Crippen molar-refractivity contribution in [3.8, 4) is 0 Å². The van der Waals surface area contributed by atoms with E-state index in [0.29, 0.717) is 29.8 Å². The molecular weight excluding hydrogens is 332 g/mol. The molecule has 3 aliphatic carbocycles. The second kappa shape index (κ2) is 6.93. The van der Waals surface area contributed by atoms with Crippen LogP contribution in [0.25, 0.3) is 0 Å². The normalized spacial score (nSPS) is 30.9. The van der Waals surface area contributed by atoms with Crippen molar-refractivity contribution in [2.45, 2.75) is 94.1 Å². The van der Waals surface area contributed by atoms with Crippen molar-refractivity contribution >= 4 is 17.7 Å². The van der Waals surface area contributed by atoms with Crippen LogP contribution in [-0.2, 0) is 4.79 Å². The number of carbonyl (C=O) groups excluding carboxylic acids is 1. The van der Waals surface area contributed by atoms with Crippen LogP contribution in [0.15, 0.2) is 5.16 Å². The SMILES string of the molecule is CC(Sc1nnc(C2CC2)n1C1CC1)C(=O)NC1CCCC(C)C1C. The molecule has 1 aromatic heterocycles. The van der Waals surface area contributed by atoms with Crippen LogP contribution >= 0.6 is 11.8 Å². The molecule has 5 nitrogen and oxygen atoms in total. The second-order valence-corrected chi connectivity index (χ2v) is 9.67. The standard InChI is InChI=1S/C19H30N4OS/c1-11-5-4-6-16(12(11)2)20-18(24)13(3)25-19-22-21-17(14-7-8-14)23(19)15-9-10-15/h11-16H,4-10H2,1-3H3,(H,20,24). The minimum Gasteiger partial charge on any atom is -0.352 e. The van der Waals surface area contributed by atoms with E-state index < -0.39 is 0 Å². The first kappa shape index (κ1) is 17.4. The Hall–Kier alpha value is -1.04.